The third-order valence-electron chi connectivity index (χ3n) is 5.84. The number of aryl methyl sites for hydroxylation is 2. The molecule has 0 radical (unpaired) electrons. The summed E-state index contributed by atoms with van der Waals surface area (Å²) in [5.41, 5.74) is 3.06. The fourth-order valence-corrected chi connectivity index (χ4v) is 5.09. The molecule has 1 unspecified atom stereocenters. The first-order valence-corrected chi connectivity index (χ1v) is 12.6. The molecule has 9 heteroatoms. The summed E-state index contributed by atoms with van der Waals surface area (Å²) in [5.74, 6) is -0.151. The number of benzene rings is 2. The lowest BCUT2D eigenvalue weighted by molar-refractivity contribution is -0.132. The molecular weight excluding hydrogens is 470 g/mol. The molecule has 1 aliphatic heterocycles. The number of halogens is 1. The summed E-state index contributed by atoms with van der Waals surface area (Å²) >= 11 is 7.21. The molecule has 1 aromatic heterocycles. The highest BCUT2D eigenvalue weighted by molar-refractivity contribution is 7.13. The van der Waals surface area contributed by atoms with Crippen molar-refractivity contribution in [1.82, 2.24) is 15.1 Å². The van der Waals surface area contributed by atoms with Crippen LogP contribution in [0.4, 0.5) is 11.4 Å². The van der Waals surface area contributed by atoms with E-state index < -0.39 is 0 Å². The summed E-state index contributed by atoms with van der Waals surface area (Å²) in [6.07, 6.45) is 1.75. The van der Waals surface area contributed by atoms with Crippen LogP contribution in [-0.2, 0) is 11.2 Å². The first kappa shape index (κ1) is 24.2. The van der Waals surface area contributed by atoms with Gasteiger partial charge < -0.3 is 15.1 Å². The molecule has 3 aromatic rings. The lowest BCUT2D eigenvalue weighted by Crippen LogP contribution is -2.53. The maximum absolute atomic E-state index is 12.8. The van der Waals surface area contributed by atoms with Gasteiger partial charge in [-0.3, -0.25) is 9.59 Å². The first-order chi connectivity index (χ1) is 16.4. The highest BCUT2D eigenvalue weighted by Crippen LogP contribution is 2.23. The van der Waals surface area contributed by atoms with Crippen LogP contribution in [0.2, 0.25) is 5.02 Å². The van der Waals surface area contributed by atoms with Crippen molar-refractivity contribution in [2.75, 3.05) is 29.9 Å². The van der Waals surface area contributed by atoms with Gasteiger partial charge in [-0.05, 0) is 56.2 Å². The minimum absolute atomic E-state index is 0.166. The van der Waals surface area contributed by atoms with E-state index in [1.807, 2.05) is 4.90 Å². The number of hydrogen-bond donors (Lipinski definition) is 1. The molecule has 1 fully saturated rings. The van der Waals surface area contributed by atoms with Gasteiger partial charge in [-0.15, -0.1) is 10.2 Å². The molecule has 1 saturated heterocycles. The summed E-state index contributed by atoms with van der Waals surface area (Å²) in [4.78, 5) is 29.5. The summed E-state index contributed by atoms with van der Waals surface area (Å²) in [7, 11) is 0. The highest BCUT2D eigenvalue weighted by Gasteiger charge is 2.26. The van der Waals surface area contributed by atoms with E-state index in [-0.39, 0.29) is 17.9 Å². The molecule has 0 bridgehead atoms. The molecule has 0 aliphatic carbocycles. The van der Waals surface area contributed by atoms with Crippen LogP contribution < -0.4 is 10.2 Å². The fourth-order valence-electron chi connectivity index (χ4n) is 4.12. The highest BCUT2D eigenvalue weighted by atomic mass is 35.5. The average molecular weight is 498 g/mol. The number of carbonyl (C=O) groups is 2. The van der Waals surface area contributed by atoms with E-state index in [1.165, 1.54) is 22.6 Å². The third kappa shape index (κ3) is 6.12. The minimum atomic E-state index is -0.317. The number of anilines is 2. The van der Waals surface area contributed by atoms with Gasteiger partial charge in [-0.25, -0.2) is 0 Å². The van der Waals surface area contributed by atoms with Gasteiger partial charge in [-0.1, -0.05) is 41.1 Å². The van der Waals surface area contributed by atoms with Crippen LogP contribution in [0.1, 0.15) is 40.1 Å². The molecule has 2 aromatic carbocycles. The van der Waals surface area contributed by atoms with Gasteiger partial charge in [0, 0.05) is 54.9 Å². The van der Waals surface area contributed by atoms with Gasteiger partial charge in [0.1, 0.15) is 5.01 Å². The lowest BCUT2D eigenvalue weighted by atomic mass is 10.1. The third-order valence-corrected chi connectivity index (χ3v) is 7.06. The van der Waals surface area contributed by atoms with Crippen LogP contribution in [0.3, 0.4) is 0 Å². The second-order valence-electron chi connectivity index (χ2n) is 8.54. The van der Waals surface area contributed by atoms with Gasteiger partial charge in [0.2, 0.25) is 10.9 Å². The molecular formula is C25H28ClN5O2S. The van der Waals surface area contributed by atoms with Crippen LogP contribution >= 0.6 is 22.9 Å². The van der Waals surface area contributed by atoms with Crippen molar-refractivity contribution in [2.24, 2.45) is 0 Å². The standard InChI is InChI=1S/C25H28ClN5O2S/c1-17-6-3-9-21(14-17)31-13-12-30(16-18(31)2)23(32)11-5-10-22-28-29-25(34-22)24(33)27-20-8-4-7-19(26)15-20/h3-4,6-9,14-15,18H,5,10-13,16H2,1-2H3,(H,27,33). The fraction of sp³-hybridized carbons (Fsp3) is 0.360. The van der Waals surface area contributed by atoms with Crippen molar-refractivity contribution in [1.29, 1.82) is 0 Å². The number of rotatable bonds is 7. The average Bonchev–Trinajstić information content (AvgIpc) is 3.28. The maximum Gasteiger partial charge on any atom is 0.286 e. The predicted octanol–water partition coefficient (Wildman–Crippen LogP) is 4.81. The zero-order valence-electron chi connectivity index (χ0n) is 19.3. The lowest BCUT2D eigenvalue weighted by Gasteiger charge is -2.41. The molecule has 7 nitrogen and oxygen atoms in total. The van der Waals surface area contributed by atoms with E-state index >= 15 is 0 Å². The molecule has 0 spiro atoms. The maximum atomic E-state index is 12.8. The van der Waals surface area contributed by atoms with Crippen molar-refractivity contribution >= 4 is 46.1 Å². The monoisotopic (exact) mass is 497 g/mol. The summed E-state index contributed by atoms with van der Waals surface area (Å²) in [6.45, 7) is 6.54. The molecule has 178 valence electrons. The molecule has 1 atom stereocenters. The Morgan fingerprint density at radius 3 is 2.74 bits per heavy atom. The largest absolute Gasteiger partial charge is 0.365 e. The van der Waals surface area contributed by atoms with E-state index in [2.05, 4.69) is 58.5 Å². The Kier molecular flexibility index (Phi) is 7.80. The van der Waals surface area contributed by atoms with Gasteiger partial charge in [0.15, 0.2) is 0 Å². The summed E-state index contributed by atoms with van der Waals surface area (Å²) in [6, 6.07) is 15.7. The number of hydrogen-bond acceptors (Lipinski definition) is 6. The van der Waals surface area contributed by atoms with Crippen molar-refractivity contribution in [3.05, 3.63) is 69.1 Å². The Bertz CT molecular complexity index is 1170. The topological polar surface area (TPSA) is 78.4 Å². The van der Waals surface area contributed by atoms with E-state index in [4.69, 9.17) is 11.6 Å². The molecule has 2 heterocycles. The van der Waals surface area contributed by atoms with Crippen LogP contribution in [0, 0.1) is 6.92 Å². The Balaban J connectivity index is 1.23. The van der Waals surface area contributed by atoms with E-state index in [0.717, 1.165) is 24.6 Å². The van der Waals surface area contributed by atoms with Crippen molar-refractivity contribution < 1.29 is 9.59 Å². The zero-order chi connectivity index (χ0) is 24.1. The summed E-state index contributed by atoms with van der Waals surface area (Å²) < 4.78 is 0. The number of nitrogens with one attached hydrogen (secondary N) is 1. The molecule has 1 N–H and O–H groups in total. The molecule has 0 saturated carbocycles. The van der Waals surface area contributed by atoms with Crippen LogP contribution in [0.25, 0.3) is 0 Å². The smallest absolute Gasteiger partial charge is 0.286 e. The van der Waals surface area contributed by atoms with E-state index in [1.54, 1.807) is 24.3 Å². The number of nitrogens with zero attached hydrogens (tertiary/aromatic N) is 4. The van der Waals surface area contributed by atoms with Gasteiger partial charge >= 0.3 is 0 Å². The van der Waals surface area contributed by atoms with Gasteiger partial charge in [-0.2, -0.15) is 0 Å². The summed E-state index contributed by atoms with van der Waals surface area (Å²) in [5, 5.41) is 12.5. The Labute approximate surface area is 208 Å². The van der Waals surface area contributed by atoms with Crippen LogP contribution in [0.5, 0.6) is 0 Å². The first-order valence-electron chi connectivity index (χ1n) is 11.4. The normalized spacial score (nSPS) is 15.9. The number of aromatic nitrogens is 2. The molecule has 2 amide bonds. The Morgan fingerprint density at radius 1 is 1.15 bits per heavy atom. The van der Waals surface area contributed by atoms with E-state index in [0.29, 0.717) is 35.0 Å². The Morgan fingerprint density at radius 2 is 1.97 bits per heavy atom. The number of piperazine rings is 1. The second kappa shape index (κ2) is 11.0. The van der Waals surface area contributed by atoms with E-state index in [9.17, 15) is 9.59 Å². The minimum Gasteiger partial charge on any atom is -0.365 e. The number of amides is 2. The molecule has 34 heavy (non-hydrogen) atoms. The quantitative estimate of drug-likeness (QED) is 0.506. The second-order valence-corrected chi connectivity index (χ2v) is 10.0. The van der Waals surface area contributed by atoms with Crippen molar-refractivity contribution in [3.8, 4) is 0 Å². The zero-order valence-corrected chi connectivity index (χ0v) is 20.9. The van der Waals surface area contributed by atoms with Crippen LogP contribution in [-0.4, -0.2) is 52.6 Å². The van der Waals surface area contributed by atoms with Gasteiger partial charge in [0.05, 0.1) is 0 Å². The van der Waals surface area contributed by atoms with Crippen molar-refractivity contribution in [3.63, 3.8) is 0 Å². The molecule has 4 rings (SSSR count). The van der Waals surface area contributed by atoms with Crippen molar-refractivity contribution in [2.45, 2.75) is 39.2 Å². The van der Waals surface area contributed by atoms with Gasteiger partial charge in [0.25, 0.3) is 5.91 Å². The SMILES string of the molecule is Cc1cccc(N2CCN(C(=O)CCCc3nnc(C(=O)Nc4cccc(Cl)c4)s3)CC2C)c1. The number of carbonyl (C=O) groups excluding carboxylic acids is 2. The Hall–Kier alpha value is -2.97. The molecule has 1 aliphatic rings. The van der Waals surface area contributed by atoms with Crippen LogP contribution in [0.15, 0.2) is 48.5 Å². The predicted molar refractivity (Wildman–Crippen MR) is 137 cm³/mol.